The zero-order valence-corrected chi connectivity index (χ0v) is 17.5. The molecule has 0 heterocycles. The van der Waals surface area contributed by atoms with E-state index in [1.54, 1.807) is 0 Å². The van der Waals surface area contributed by atoms with Gasteiger partial charge in [0.15, 0.2) is 0 Å². The first-order valence-corrected chi connectivity index (χ1v) is 11.9. The summed E-state index contributed by atoms with van der Waals surface area (Å²) in [4.78, 5) is 13.8. The van der Waals surface area contributed by atoms with Gasteiger partial charge in [0.1, 0.15) is 0 Å². The number of para-hydroxylation sites is 1. The lowest BCUT2D eigenvalue weighted by Crippen LogP contribution is -2.13. The van der Waals surface area contributed by atoms with E-state index in [-0.39, 0.29) is 5.91 Å². The molecule has 1 aliphatic rings. The largest absolute Gasteiger partial charge is 0.329 e. The van der Waals surface area contributed by atoms with Crippen LogP contribution in [0.15, 0.2) is 53.4 Å². The number of carbonyl (C=O) groups excluding carboxylic acids is 1. The van der Waals surface area contributed by atoms with Crippen LogP contribution >= 0.6 is 23.7 Å². The Morgan fingerprint density at radius 3 is 2.56 bits per heavy atom. The van der Waals surface area contributed by atoms with Crippen molar-refractivity contribution >= 4 is 41.0 Å². The Kier molecular flexibility index (Phi) is 7.96. The van der Waals surface area contributed by atoms with Crippen molar-refractivity contribution in [2.24, 2.45) is 5.92 Å². The molecule has 1 aliphatic carbocycles. The van der Waals surface area contributed by atoms with Crippen LogP contribution in [0, 0.1) is 5.92 Å². The first-order valence-electron chi connectivity index (χ1n) is 9.68. The molecule has 0 radical (unpaired) electrons. The highest BCUT2D eigenvalue weighted by molar-refractivity contribution is 7.99. The van der Waals surface area contributed by atoms with Crippen LogP contribution in [0.2, 0.25) is 0 Å². The minimum absolute atomic E-state index is 0.0942. The number of rotatable bonds is 11. The molecule has 0 aliphatic heterocycles. The van der Waals surface area contributed by atoms with Gasteiger partial charge in [-0.3, -0.25) is 4.79 Å². The molecule has 2 aromatic carbocycles. The van der Waals surface area contributed by atoms with Gasteiger partial charge in [0.05, 0.1) is 11.3 Å². The van der Waals surface area contributed by atoms with E-state index < -0.39 is 0 Å². The summed E-state index contributed by atoms with van der Waals surface area (Å²) in [5, 5.41) is 2.99. The molecule has 3 nitrogen and oxygen atoms in total. The molecule has 0 bridgehead atoms. The number of unbranched alkanes of at least 4 members (excludes halogenated alkanes) is 2. The molecule has 3 rings (SSSR count). The van der Waals surface area contributed by atoms with Gasteiger partial charge in [-0.25, -0.2) is 0 Å². The second-order valence-corrected chi connectivity index (χ2v) is 8.75. The first-order chi connectivity index (χ1) is 13.3. The lowest BCUT2D eigenvalue weighted by molar-refractivity contribution is 0.102. The molecule has 144 valence electrons. The lowest BCUT2D eigenvalue weighted by atomic mass is 10.1. The van der Waals surface area contributed by atoms with Crippen LogP contribution in [0.3, 0.4) is 0 Å². The van der Waals surface area contributed by atoms with Gasteiger partial charge in [-0.05, 0) is 54.5 Å². The molecular formula is C22H28N2OS2. The topological polar surface area (TPSA) is 41.1 Å². The molecule has 2 aromatic rings. The van der Waals surface area contributed by atoms with Crippen molar-refractivity contribution in [2.75, 3.05) is 22.0 Å². The molecule has 1 fully saturated rings. The number of anilines is 2. The first kappa shape index (κ1) is 20.2. The van der Waals surface area contributed by atoms with E-state index in [0.29, 0.717) is 5.56 Å². The second-order valence-electron chi connectivity index (χ2n) is 6.97. The summed E-state index contributed by atoms with van der Waals surface area (Å²) >= 11 is 3.38. The molecule has 0 atom stereocenters. The number of thioether (sulfide) groups is 1. The number of carbonyl (C=O) groups is 1. The van der Waals surface area contributed by atoms with E-state index >= 15 is 0 Å². The summed E-state index contributed by atoms with van der Waals surface area (Å²) in [5.74, 6) is 2.14. The SMILES string of the molecule is CSNc1ccccc1C(=O)Nc1ccc(SCCCCCC2CC2)cc1. The summed E-state index contributed by atoms with van der Waals surface area (Å²) in [6.07, 6.45) is 10.3. The Morgan fingerprint density at radius 2 is 1.81 bits per heavy atom. The lowest BCUT2D eigenvalue weighted by Gasteiger charge is -2.11. The van der Waals surface area contributed by atoms with Gasteiger partial charge in [-0.15, -0.1) is 11.8 Å². The van der Waals surface area contributed by atoms with Gasteiger partial charge < -0.3 is 10.0 Å². The van der Waals surface area contributed by atoms with Gasteiger partial charge in [0.25, 0.3) is 5.91 Å². The summed E-state index contributed by atoms with van der Waals surface area (Å²) in [6.45, 7) is 0. The summed E-state index contributed by atoms with van der Waals surface area (Å²) in [7, 11) is 0. The number of nitrogens with one attached hydrogen (secondary N) is 2. The third-order valence-corrected chi connectivity index (χ3v) is 6.24. The van der Waals surface area contributed by atoms with Crippen LogP contribution in [0.25, 0.3) is 0 Å². The molecule has 27 heavy (non-hydrogen) atoms. The van der Waals surface area contributed by atoms with Gasteiger partial charge >= 0.3 is 0 Å². The maximum absolute atomic E-state index is 12.6. The predicted octanol–water partition coefficient (Wildman–Crippen LogP) is 6.69. The van der Waals surface area contributed by atoms with E-state index in [1.165, 1.54) is 61.1 Å². The quantitative estimate of drug-likeness (QED) is 0.250. The third-order valence-electron chi connectivity index (χ3n) is 4.72. The molecule has 0 spiro atoms. The third kappa shape index (κ3) is 6.82. The van der Waals surface area contributed by atoms with Crippen molar-refractivity contribution in [3.05, 3.63) is 54.1 Å². The standard InChI is InChI=1S/C22H28N2OS2/c1-26-24-21-9-5-4-8-20(21)22(25)23-18-12-14-19(15-13-18)27-16-6-2-3-7-17-10-11-17/h4-5,8-9,12-15,17,24H,2-3,6-7,10-11,16H2,1H3,(H,23,25). The molecule has 0 unspecified atom stereocenters. The fourth-order valence-corrected chi connectivity index (χ4v) is 4.33. The Balaban J connectivity index is 1.43. The molecule has 5 heteroatoms. The molecule has 1 amide bonds. The average molecular weight is 401 g/mol. The van der Waals surface area contributed by atoms with Crippen LogP contribution < -0.4 is 10.0 Å². The van der Waals surface area contributed by atoms with Crippen LogP contribution in [0.1, 0.15) is 48.9 Å². The van der Waals surface area contributed by atoms with Crippen molar-refractivity contribution in [1.82, 2.24) is 0 Å². The van der Waals surface area contributed by atoms with Crippen molar-refractivity contribution in [1.29, 1.82) is 0 Å². The van der Waals surface area contributed by atoms with E-state index in [2.05, 4.69) is 22.2 Å². The number of benzene rings is 2. The van der Waals surface area contributed by atoms with Crippen molar-refractivity contribution < 1.29 is 4.79 Å². The van der Waals surface area contributed by atoms with E-state index in [1.807, 2.05) is 54.4 Å². The van der Waals surface area contributed by atoms with Gasteiger partial charge in [0.2, 0.25) is 0 Å². The summed E-state index contributed by atoms with van der Waals surface area (Å²) < 4.78 is 3.15. The average Bonchev–Trinajstić information content (AvgIpc) is 3.51. The Bertz CT molecular complexity index is 729. The summed E-state index contributed by atoms with van der Waals surface area (Å²) in [6, 6.07) is 15.7. The van der Waals surface area contributed by atoms with E-state index in [0.717, 1.165) is 17.3 Å². The molecule has 2 N–H and O–H groups in total. The normalized spacial score (nSPS) is 13.4. The molecular weight excluding hydrogens is 372 g/mol. The zero-order valence-electron chi connectivity index (χ0n) is 15.9. The van der Waals surface area contributed by atoms with Gasteiger partial charge in [-0.2, -0.15) is 0 Å². The van der Waals surface area contributed by atoms with Crippen LogP contribution in [-0.2, 0) is 0 Å². The van der Waals surface area contributed by atoms with E-state index in [4.69, 9.17) is 0 Å². The fraction of sp³-hybridized carbons (Fsp3) is 0.409. The van der Waals surface area contributed by atoms with Crippen molar-refractivity contribution in [3.8, 4) is 0 Å². The van der Waals surface area contributed by atoms with Crippen molar-refractivity contribution in [3.63, 3.8) is 0 Å². The Labute approximate surface area is 171 Å². The second kappa shape index (κ2) is 10.7. The van der Waals surface area contributed by atoms with E-state index in [9.17, 15) is 4.79 Å². The fourth-order valence-electron chi connectivity index (χ4n) is 3.02. The predicted molar refractivity (Wildman–Crippen MR) is 120 cm³/mol. The maximum atomic E-state index is 12.6. The summed E-state index contributed by atoms with van der Waals surface area (Å²) in [5.41, 5.74) is 2.31. The molecule has 0 saturated heterocycles. The minimum Gasteiger partial charge on any atom is -0.329 e. The van der Waals surface area contributed by atoms with Crippen LogP contribution in [-0.4, -0.2) is 17.9 Å². The number of amides is 1. The zero-order chi connectivity index (χ0) is 18.9. The van der Waals surface area contributed by atoms with Crippen LogP contribution in [0.5, 0.6) is 0 Å². The van der Waals surface area contributed by atoms with Gasteiger partial charge in [0, 0.05) is 16.8 Å². The Morgan fingerprint density at radius 1 is 1.04 bits per heavy atom. The molecule has 0 aromatic heterocycles. The highest BCUT2D eigenvalue weighted by Gasteiger charge is 2.19. The molecule has 1 saturated carbocycles. The Hall–Kier alpha value is -1.59. The monoisotopic (exact) mass is 400 g/mol. The maximum Gasteiger partial charge on any atom is 0.257 e. The smallest absolute Gasteiger partial charge is 0.257 e. The number of hydrogen-bond donors (Lipinski definition) is 2. The minimum atomic E-state index is -0.0942. The highest BCUT2D eigenvalue weighted by atomic mass is 32.2. The highest BCUT2D eigenvalue weighted by Crippen LogP contribution is 2.34. The van der Waals surface area contributed by atoms with Crippen molar-refractivity contribution in [2.45, 2.75) is 43.4 Å². The van der Waals surface area contributed by atoms with Crippen LogP contribution in [0.4, 0.5) is 11.4 Å². The number of hydrogen-bond acceptors (Lipinski definition) is 4. The van der Waals surface area contributed by atoms with Gasteiger partial charge in [-0.1, -0.05) is 56.2 Å².